The Morgan fingerprint density at radius 1 is 1.00 bits per heavy atom. The summed E-state index contributed by atoms with van der Waals surface area (Å²) >= 11 is 0. The van der Waals surface area contributed by atoms with Crippen molar-refractivity contribution in [1.29, 1.82) is 0 Å². The minimum Gasteiger partial charge on any atom is -0.481 e. The van der Waals surface area contributed by atoms with Crippen LogP contribution in [0.15, 0.2) is 0 Å². The molecule has 0 spiro atoms. The zero-order chi connectivity index (χ0) is 20.3. The van der Waals surface area contributed by atoms with Crippen molar-refractivity contribution in [2.45, 2.75) is 97.2 Å². The molecule has 0 aromatic rings. The smallest absolute Gasteiger partial charge is 0.303 e. The average Bonchev–Trinajstić information content (AvgIpc) is 2.90. The number of hydrogen-bond acceptors (Lipinski definition) is 3. The molecule has 4 aliphatic carbocycles. The quantitative estimate of drug-likeness (QED) is 0.659. The van der Waals surface area contributed by atoms with Gasteiger partial charge >= 0.3 is 5.97 Å². The van der Waals surface area contributed by atoms with Gasteiger partial charge in [0.05, 0.1) is 12.2 Å². The Hall–Kier alpha value is -0.610. The summed E-state index contributed by atoms with van der Waals surface area (Å²) in [4.78, 5) is 11.1. The van der Waals surface area contributed by atoms with Crippen LogP contribution in [0.25, 0.3) is 0 Å². The topological polar surface area (TPSA) is 77.8 Å². The van der Waals surface area contributed by atoms with E-state index in [2.05, 4.69) is 20.8 Å². The summed E-state index contributed by atoms with van der Waals surface area (Å²) in [6.07, 6.45) is 9.40. The highest BCUT2D eigenvalue weighted by Crippen LogP contribution is 2.68. The summed E-state index contributed by atoms with van der Waals surface area (Å²) in [5.74, 6) is 2.43. The number of carboxylic acid groups (broad SMARTS) is 1. The minimum absolute atomic E-state index is 0.101. The molecule has 4 fully saturated rings. The third kappa shape index (κ3) is 3.14. The molecule has 3 N–H and O–H groups in total. The number of carboxylic acids is 1. The number of carbonyl (C=O) groups is 1. The molecule has 0 aromatic heterocycles. The molecule has 4 aliphatic rings. The number of fused-ring (bicyclic) bond motifs is 5. The van der Waals surface area contributed by atoms with E-state index in [1.54, 1.807) is 0 Å². The van der Waals surface area contributed by atoms with Crippen LogP contribution in [0.3, 0.4) is 0 Å². The lowest BCUT2D eigenvalue weighted by Crippen LogP contribution is -2.54. The number of aliphatic carboxylic acids is 1. The van der Waals surface area contributed by atoms with Gasteiger partial charge in [0.2, 0.25) is 0 Å². The molecule has 0 radical (unpaired) electrons. The van der Waals surface area contributed by atoms with Crippen LogP contribution >= 0.6 is 0 Å². The number of aliphatic hydroxyl groups is 2. The van der Waals surface area contributed by atoms with Crippen molar-refractivity contribution < 1.29 is 20.1 Å². The SMILES string of the molecule is C[C@H](CCC(=O)O)[C@H]1[C@H](O)C[C@H]2[C@@H]3CC[C@@H]4C[C@H](O)CC[C@]4(C)[C@H]3CC[C@]12C. The van der Waals surface area contributed by atoms with Crippen molar-refractivity contribution in [2.75, 3.05) is 0 Å². The second-order valence-electron chi connectivity index (χ2n) is 11.4. The molecule has 0 aromatic carbocycles. The molecule has 4 heteroatoms. The Bertz CT molecular complexity index is 605. The molecule has 0 amide bonds. The van der Waals surface area contributed by atoms with E-state index in [-0.39, 0.29) is 35.9 Å². The van der Waals surface area contributed by atoms with Crippen molar-refractivity contribution in [3.05, 3.63) is 0 Å². The van der Waals surface area contributed by atoms with E-state index in [0.717, 1.165) is 31.6 Å². The second kappa shape index (κ2) is 7.27. The van der Waals surface area contributed by atoms with Crippen LogP contribution in [0.2, 0.25) is 0 Å². The Balaban J connectivity index is 1.55. The van der Waals surface area contributed by atoms with E-state index in [0.29, 0.717) is 29.6 Å². The van der Waals surface area contributed by atoms with Gasteiger partial charge in [0.15, 0.2) is 0 Å². The second-order valence-corrected chi connectivity index (χ2v) is 11.4. The molecule has 0 unspecified atom stereocenters. The predicted octanol–water partition coefficient (Wildman–Crippen LogP) is 4.48. The molecule has 160 valence electrons. The van der Waals surface area contributed by atoms with Crippen LogP contribution in [-0.4, -0.2) is 33.5 Å². The van der Waals surface area contributed by atoms with Crippen LogP contribution in [0.4, 0.5) is 0 Å². The Labute approximate surface area is 170 Å². The van der Waals surface area contributed by atoms with Crippen LogP contribution in [0.1, 0.15) is 85.0 Å². The molecule has 28 heavy (non-hydrogen) atoms. The van der Waals surface area contributed by atoms with E-state index < -0.39 is 5.97 Å². The highest BCUT2D eigenvalue weighted by Gasteiger charge is 2.62. The highest BCUT2D eigenvalue weighted by atomic mass is 16.4. The van der Waals surface area contributed by atoms with E-state index in [1.807, 2.05) is 0 Å². The maximum absolute atomic E-state index is 11.1. The van der Waals surface area contributed by atoms with Gasteiger partial charge in [0, 0.05) is 6.42 Å². The van der Waals surface area contributed by atoms with Gasteiger partial charge < -0.3 is 15.3 Å². The summed E-state index contributed by atoms with van der Waals surface area (Å²) < 4.78 is 0. The third-order valence-corrected chi connectivity index (χ3v) is 10.2. The van der Waals surface area contributed by atoms with Crippen LogP contribution < -0.4 is 0 Å². The molecular formula is C24H40O4. The van der Waals surface area contributed by atoms with E-state index in [1.165, 1.54) is 25.7 Å². The standard InChI is InChI=1S/C24H40O4/c1-14(4-7-21(27)28)22-20(26)13-19-17-6-5-15-12-16(25)8-10-23(15,2)18(17)9-11-24(19,22)3/h14-20,22,25-26H,4-13H2,1-3H3,(H,27,28)/t14-,15-,16-,17-,18+,19+,20-,22+,23+,24+/m1/s1. The third-order valence-electron chi connectivity index (χ3n) is 10.2. The number of aliphatic hydroxyl groups excluding tert-OH is 2. The van der Waals surface area contributed by atoms with Gasteiger partial charge in [-0.3, -0.25) is 4.79 Å². The zero-order valence-corrected chi connectivity index (χ0v) is 17.9. The van der Waals surface area contributed by atoms with Crippen molar-refractivity contribution in [3.63, 3.8) is 0 Å². The van der Waals surface area contributed by atoms with Crippen LogP contribution in [0, 0.1) is 46.3 Å². The van der Waals surface area contributed by atoms with Gasteiger partial charge in [0.25, 0.3) is 0 Å². The molecular weight excluding hydrogens is 352 g/mol. The first kappa shape index (κ1) is 20.7. The van der Waals surface area contributed by atoms with E-state index >= 15 is 0 Å². The summed E-state index contributed by atoms with van der Waals surface area (Å²) in [7, 11) is 0. The normalized spacial score (nSPS) is 51.7. The van der Waals surface area contributed by atoms with Crippen LogP contribution in [-0.2, 0) is 4.79 Å². The van der Waals surface area contributed by atoms with Crippen molar-refractivity contribution in [1.82, 2.24) is 0 Å². The Kier molecular flexibility index (Phi) is 5.36. The van der Waals surface area contributed by atoms with Gasteiger partial charge in [-0.05, 0) is 104 Å². The summed E-state index contributed by atoms with van der Waals surface area (Å²) in [6.45, 7) is 7.07. The Morgan fingerprint density at radius 2 is 1.71 bits per heavy atom. The van der Waals surface area contributed by atoms with Gasteiger partial charge in [-0.2, -0.15) is 0 Å². The fourth-order valence-corrected chi connectivity index (χ4v) is 8.85. The van der Waals surface area contributed by atoms with E-state index in [9.17, 15) is 15.0 Å². The maximum Gasteiger partial charge on any atom is 0.303 e. The lowest BCUT2D eigenvalue weighted by Gasteiger charge is -2.61. The monoisotopic (exact) mass is 392 g/mol. The van der Waals surface area contributed by atoms with Gasteiger partial charge in [0.1, 0.15) is 0 Å². The fourth-order valence-electron chi connectivity index (χ4n) is 8.85. The molecule has 4 rings (SSSR count). The largest absolute Gasteiger partial charge is 0.481 e. The van der Waals surface area contributed by atoms with Crippen molar-refractivity contribution in [2.24, 2.45) is 46.3 Å². The fraction of sp³-hybridized carbons (Fsp3) is 0.958. The van der Waals surface area contributed by atoms with Gasteiger partial charge in [-0.1, -0.05) is 20.8 Å². The van der Waals surface area contributed by atoms with Gasteiger partial charge in [-0.15, -0.1) is 0 Å². The summed E-state index contributed by atoms with van der Waals surface area (Å²) in [5.41, 5.74) is 0.511. The molecule has 10 atom stereocenters. The predicted molar refractivity (Wildman–Crippen MR) is 109 cm³/mol. The highest BCUT2D eigenvalue weighted by molar-refractivity contribution is 5.66. The van der Waals surface area contributed by atoms with Crippen molar-refractivity contribution in [3.8, 4) is 0 Å². The lowest BCUT2D eigenvalue weighted by molar-refractivity contribution is -0.138. The molecule has 4 saturated carbocycles. The summed E-state index contributed by atoms with van der Waals surface area (Å²) in [5, 5.41) is 30.4. The molecule has 0 aliphatic heterocycles. The molecule has 0 heterocycles. The first-order valence-electron chi connectivity index (χ1n) is 11.7. The minimum atomic E-state index is -0.726. The molecule has 0 bridgehead atoms. The first-order valence-corrected chi connectivity index (χ1v) is 11.7. The Morgan fingerprint density at radius 3 is 2.43 bits per heavy atom. The van der Waals surface area contributed by atoms with Gasteiger partial charge in [-0.25, -0.2) is 0 Å². The maximum atomic E-state index is 11.1. The number of hydrogen-bond donors (Lipinski definition) is 3. The average molecular weight is 393 g/mol. The molecule has 4 nitrogen and oxygen atoms in total. The number of rotatable bonds is 4. The van der Waals surface area contributed by atoms with Crippen molar-refractivity contribution >= 4 is 5.97 Å². The molecule has 0 saturated heterocycles. The first-order chi connectivity index (χ1) is 13.2. The van der Waals surface area contributed by atoms with Crippen LogP contribution in [0.5, 0.6) is 0 Å². The summed E-state index contributed by atoms with van der Waals surface area (Å²) in [6, 6.07) is 0. The zero-order valence-electron chi connectivity index (χ0n) is 17.9. The van der Waals surface area contributed by atoms with E-state index in [4.69, 9.17) is 5.11 Å². The lowest BCUT2D eigenvalue weighted by atomic mass is 9.44.